The molecule has 0 radical (unpaired) electrons. The molecular formula is C22H22ClN3O2S. The van der Waals surface area contributed by atoms with E-state index in [-0.39, 0.29) is 11.8 Å². The highest BCUT2D eigenvalue weighted by molar-refractivity contribution is 7.14. The second-order valence-electron chi connectivity index (χ2n) is 6.58. The Labute approximate surface area is 179 Å². The van der Waals surface area contributed by atoms with Gasteiger partial charge < -0.3 is 10.6 Å². The fourth-order valence-corrected chi connectivity index (χ4v) is 4.01. The van der Waals surface area contributed by atoms with Crippen molar-refractivity contribution in [3.63, 3.8) is 0 Å². The number of benzene rings is 2. The van der Waals surface area contributed by atoms with Gasteiger partial charge >= 0.3 is 0 Å². The molecule has 0 fully saturated rings. The number of thiazole rings is 1. The molecule has 1 aromatic heterocycles. The van der Waals surface area contributed by atoms with Crippen LogP contribution in [0, 0.1) is 6.92 Å². The lowest BCUT2D eigenvalue weighted by Crippen LogP contribution is -2.25. The highest BCUT2D eigenvalue weighted by atomic mass is 35.5. The first-order valence-electron chi connectivity index (χ1n) is 9.37. The lowest BCUT2D eigenvalue weighted by molar-refractivity contribution is 0.0954. The lowest BCUT2D eigenvalue weighted by Gasteiger charge is -2.11. The summed E-state index contributed by atoms with van der Waals surface area (Å²) in [6.07, 6.45) is 1.49. The van der Waals surface area contributed by atoms with Gasteiger partial charge in [0.25, 0.3) is 11.8 Å². The van der Waals surface area contributed by atoms with E-state index in [0.29, 0.717) is 39.8 Å². The SMILES string of the molecule is CCCNC(=O)c1ccc(Cl)cc1NC(=O)c1sc(Cc2ccccc2)nc1C. The van der Waals surface area contributed by atoms with Gasteiger partial charge in [-0.2, -0.15) is 0 Å². The van der Waals surface area contributed by atoms with Crippen molar-refractivity contribution in [3.05, 3.63) is 80.3 Å². The average Bonchev–Trinajstić information content (AvgIpc) is 3.07. The van der Waals surface area contributed by atoms with E-state index in [4.69, 9.17) is 11.6 Å². The largest absolute Gasteiger partial charge is 0.352 e. The molecule has 3 aromatic rings. The van der Waals surface area contributed by atoms with Crippen LogP contribution in [0.3, 0.4) is 0 Å². The summed E-state index contributed by atoms with van der Waals surface area (Å²) in [4.78, 5) is 30.4. The summed E-state index contributed by atoms with van der Waals surface area (Å²) in [5, 5.41) is 6.96. The lowest BCUT2D eigenvalue weighted by atomic mass is 10.1. The van der Waals surface area contributed by atoms with Crippen molar-refractivity contribution < 1.29 is 9.59 Å². The van der Waals surface area contributed by atoms with Crippen LogP contribution in [0.25, 0.3) is 0 Å². The van der Waals surface area contributed by atoms with E-state index in [1.807, 2.05) is 44.2 Å². The predicted octanol–water partition coefficient (Wildman–Crippen LogP) is 5.09. The number of nitrogens with zero attached hydrogens (tertiary/aromatic N) is 1. The molecule has 0 aliphatic carbocycles. The Morgan fingerprint density at radius 2 is 1.86 bits per heavy atom. The van der Waals surface area contributed by atoms with E-state index in [9.17, 15) is 9.59 Å². The Morgan fingerprint density at radius 1 is 1.10 bits per heavy atom. The number of nitrogens with one attached hydrogen (secondary N) is 2. The molecule has 0 saturated carbocycles. The van der Waals surface area contributed by atoms with Gasteiger partial charge in [0.2, 0.25) is 0 Å². The molecule has 0 spiro atoms. The minimum Gasteiger partial charge on any atom is -0.352 e. The smallest absolute Gasteiger partial charge is 0.267 e. The first kappa shape index (κ1) is 21.0. The fraction of sp³-hybridized carbons (Fsp3) is 0.227. The van der Waals surface area contributed by atoms with Crippen molar-refractivity contribution in [3.8, 4) is 0 Å². The Hall–Kier alpha value is -2.70. The van der Waals surface area contributed by atoms with Crippen LogP contribution >= 0.6 is 22.9 Å². The highest BCUT2D eigenvalue weighted by Crippen LogP contribution is 2.25. The first-order chi connectivity index (χ1) is 14.0. The minimum atomic E-state index is -0.300. The number of rotatable bonds is 7. The quantitative estimate of drug-likeness (QED) is 0.551. The van der Waals surface area contributed by atoms with Gasteiger partial charge in [0, 0.05) is 18.0 Å². The Bertz CT molecular complexity index is 1020. The van der Waals surface area contributed by atoms with Crippen molar-refractivity contribution in [1.82, 2.24) is 10.3 Å². The molecule has 7 heteroatoms. The van der Waals surface area contributed by atoms with Gasteiger partial charge in [-0.25, -0.2) is 4.98 Å². The topological polar surface area (TPSA) is 71.1 Å². The molecule has 3 rings (SSSR count). The number of halogens is 1. The number of aryl methyl sites for hydroxylation is 1. The summed E-state index contributed by atoms with van der Waals surface area (Å²) in [6, 6.07) is 14.8. The van der Waals surface area contributed by atoms with E-state index in [2.05, 4.69) is 15.6 Å². The summed E-state index contributed by atoms with van der Waals surface area (Å²) < 4.78 is 0. The number of carbonyl (C=O) groups is 2. The van der Waals surface area contributed by atoms with Crippen LogP contribution in [-0.4, -0.2) is 23.3 Å². The molecule has 2 amide bonds. The summed E-state index contributed by atoms with van der Waals surface area (Å²) in [5.74, 6) is -0.546. The number of amides is 2. The Morgan fingerprint density at radius 3 is 2.59 bits per heavy atom. The maximum absolute atomic E-state index is 12.9. The summed E-state index contributed by atoms with van der Waals surface area (Å²) >= 11 is 7.45. The van der Waals surface area contributed by atoms with Gasteiger partial charge in [-0.15, -0.1) is 11.3 Å². The van der Waals surface area contributed by atoms with Crippen molar-refractivity contribution in [2.24, 2.45) is 0 Å². The molecule has 0 bridgehead atoms. The third-order valence-corrected chi connectivity index (χ3v) is 5.65. The third kappa shape index (κ3) is 5.43. The predicted molar refractivity (Wildman–Crippen MR) is 118 cm³/mol. The van der Waals surface area contributed by atoms with Crippen molar-refractivity contribution >= 4 is 40.4 Å². The Kier molecular flexibility index (Phi) is 7.01. The van der Waals surface area contributed by atoms with Crippen LogP contribution in [0.5, 0.6) is 0 Å². The molecular weight excluding hydrogens is 406 g/mol. The molecule has 150 valence electrons. The number of aromatic nitrogens is 1. The Balaban J connectivity index is 1.80. The third-order valence-electron chi connectivity index (χ3n) is 4.26. The van der Waals surface area contributed by atoms with E-state index in [1.165, 1.54) is 11.3 Å². The molecule has 0 unspecified atom stereocenters. The molecule has 5 nitrogen and oxygen atoms in total. The van der Waals surface area contributed by atoms with E-state index < -0.39 is 0 Å². The second-order valence-corrected chi connectivity index (χ2v) is 8.10. The van der Waals surface area contributed by atoms with E-state index in [1.54, 1.807) is 18.2 Å². The van der Waals surface area contributed by atoms with Gasteiger partial charge in [-0.3, -0.25) is 9.59 Å². The van der Waals surface area contributed by atoms with Gasteiger partial charge in [0.05, 0.1) is 22.0 Å². The monoisotopic (exact) mass is 427 g/mol. The van der Waals surface area contributed by atoms with Crippen LogP contribution < -0.4 is 10.6 Å². The van der Waals surface area contributed by atoms with Crippen LogP contribution in [0.2, 0.25) is 5.02 Å². The van der Waals surface area contributed by atoms with E-state index in [0.717, 1.165) is 17.0 Å². The van der Waals surface area contributed by atoms with Crippen molar-refractivity contribution in [2.75, 3.05) is 11.9 Å². The summed E-state index contributed by atoms with van der Waals surface area (Å²) in [6.45, 7) is 4.35. The van der Waals surface area contributed by atoms with Gasteiger partial charge in [-0.05, 0) is 37.1 Å². The zero-order valence-electron chi connectivity index (χ0n) is 16.3. The highest BCUT2D eigenvalue weighted by Gasteiger charge is 2.19. The molecule has 0 saturated heterocycles. The number of anilines is 1. The first-order valence-corrected chi connectivity index (χ1v) is 10.6. The van der Waals surface area contributed by atoms with Crippen molar-refractivity contribution in [2.45, 2.75) is 26.7 Å². The zero-order chi connectivity index (χ0) is 20.8. The van der Waals surface area contributed by atoms with Gasteiger partial charge in [0.1, 0.15) is 4.88 Å². The van der Waals surface area contributed by atoms with Crippen LogP contribution in [-0.2, 0) is 6.42 Å². The second kappa shape index (κ2) is 9.67. The summed E-state index contributed by atoms with van der Waals surface area (Å²) in [7, 11) is 0. The minimum absolute atomic E-state index is 0.246. The number of hydrogen-bond acceptors (Lipinski definition) is 4. The zero-order valence-corrected chi connectivity index (χ0v) is 17.9. The molecule has 0 atom stereocenters. The number of hydrogen-bond donors (Lipinski definition) is 2. The average molecular weight is 428 g/mol. The fourth-order valence-electron chi connectivity index (χ4n) is 2.84. The van der Waals surface area contributed by atoms with Crippen LogP contribution in [0.15, 0.2) is 48.5 Å². The maximum atomic E-state index is 12.9. The van der Waals surface area contributed by atoms with Crippen LogP contribution in [0.1, 0.15) is 49.6 Å². The van der Waals surface area contributed by atoms with Crippen LogP contribution in [0.4, 0.5) is 5.69 Å². The summed E-state index contributed by atoms with van der Waals surface area (Å²) in [5.41, 5.74) is 2.56. The number of carbonyl (C=O) groups excluding carboxylic acids is 2. The van der Waals surface area contributed by atoms with Gasteiger partial charge in [-0.1, -0.05) is 48.9 Å². The normalized spacial score (nSPS) is 10.6. The van der Waals surface area contributed by atoms with Crippen molar-refractivity contribution in [1.29, 1.82) is 0 Å². The maximum Gasteiger partial charge on any atom is 0.267 e. The molecule has 29 heavy (non-hydrogen) atoms. The molecule has 0 aliphatic heterocycles. The standard InChI is InChI=1S/C22H22ClN3O2S/c1-3-11-24-21(27)17-10-9-16(23)13-18(17)26-22(28)20-14(2)25-19(29-20)12-15-7-5-4-6-8-15/h4-10,13H,3,11-12H2,1-2H3,(H,24,27)(H,26,28). The molecule has 0 aliphatic rings. The van der Waals surface area contributed by atoms with Gasteiger partial charge in [0.15, 0.2) is 0 Å². The molecule has 1 heterocycles. The molecule has 2 aromatic carbocycles. The van der Waals surface area contributed by atoms with E-state index >= 15 is 0 Å². The molecule has 2 N–H and O–H groups in total.